The Morgan fingerprint density at radius 1 is 1.41 bits per heavy atom. The molecule has 0 atom stereocenters. The number of aromatic amines is 1. The summed E-state index contributed by atoms with van der Waals surface area (Å²) in [7, 11) is 0. The van der Waals surface area contributed by atoms with Crippen LogP contribution in [0.15, 0.2) is 34.4 Å². The van der Waals surface area contributed by atoms with Crippen molar-refractivity contribution < 1.29 is 9.13 Å². The second-order valence-electron chi connectivity index (χ2n) is 7.26. The monoisotopic (exact) mass is 419 g/mol. The van der Waals surface area contributed by atoms with E-state index in [1.54, 1.807) is 23.2 Å². The molecule has 3 rings (SSSR count). The van der Waals surface area contributed by atoms with Crippen LogP contribution in [0.1, 0.15) is 20.8 Å². The van der Waals surface area contributed by atoms with Gasteiger partial charge in [-0.25, -0.2) is 19.0 Å². The Bertz CT molecular complexity index is 1050. The number of fused-ring (bicyclic) bond motifs is 1. The molecule has 0 radical (unpaired) electrons. The van der Waals surface area contributed by atoms with E-state index in [0.717, 1.165) is 0 Å². The maximum absolute atomic E-state index is 13.7. The molecule has 3 N–H and O–H groups in total. The fourth-order valence-corrected chi connectivity index (χ4v) is 2.55. The van der Waals surface area contributed by atoms with Gasteiger partial charge in [-0.3, -0.25) is 10.1 Å². The molecule has 0 saturated heterocycles. The second kappa shape index (κ2) is 8.81. The van der Waals surface area contributed by atoms with E-state index < -0.39 is 5.82 Å². The topological polar surface area (TPSA) is 106 Å². The predicted octanol–water partition coefficient (Wildman–Crippen LogP) is 3.46. The van der Waals surface area contributed by atoms with Crippen molar-refractivity contribution in [2.75, 3.05) is 19.7 Å². The maximum atomic E-state index is 13.7. The van der Waals surface area contributed by atoms with Crippen LogP contribution in [-0.2, 0) is 4.74 Å². The lowest BCUT2D eigenvalue weighted by atomic mass is 10.2. The molecule has 3 aromatic rings. The summed E-state index contributed by atoms with van der Waals surface area (Å²) in [4.78, 5) is 17.2. The van der Waals surface area contributed by atoms with E-state index in [4.69, 9.17) is 22.1 Å². The summed E-state index contributed by atoms with van der Waals surface area (Å²) in [6, 6.07) is 4.49. The molecule has 0 aliphatic heterocycles. The minimum atomic E-state index is -0.510. The van der Waals surface area contributed by atoms with E-state index in [1.165, 1.54) is 12.1 Å². The Hall–Kier alpha value is -2.62. The number of aliphatic imine (C=N–C) groups is 2. The highest BCUT2D eigenvalue weighted by Gasteiger charge is 2.13. The summed E-state index contributed by atoms with van der Waals surface area (Å²) in [5.41, 5.74) is 7.94. The minimum absolute atomic E-state index is 0.0576. The van der Waals surface area contributed by atoms with Gasteiger partial charge in [0.2, 0.25) is 0 Å². The van der Waals surface area contributed by atoms with Gasteiger partial charge in [0.05, 0.1) is 41.4 Å². The number of halogens is 2. The van der Waals surface area contributed by atoms with Crippen LogP contribution in [0, 0.1) is 5.82 Å². The number of ether oxygens (including phenoxy) is 1. The van der Waals surface area contributed by atoms with Crippen molar-refractivity contribution >= 4 is 40.6 Å². The van der Waals surface area contributed by atoms with Gasteiger partial charge in [0.1, 0.15) is 11.3 Å². The van der Waals surface area contributed by atoms with Gasteiger partial charge in [0.25, 0.3) is 5.95 Å². The van der Waals surface area contributed by atoms with E-state index in [1.807, 2.05) is 20.8 Å². The highest BCUT2D eigenvalue weighted by Crippen LogP contribution is 2.23. The summed E-state index contributed by atoms with van der Waals surface area (Å²) in [6.07, 6.45) is 3.20. The smallest absolute Gasteiger partial charge is 0.251 e. The standard InChI is InChI=1S/C19H23ClFN7O/c1-19(2,3)29-7-6-23-10-12(9-22)25-18-24-11-16-17(26-18)28(27-16)13-4-5-14(20)15(21)8-13/h4-5,8,10-11,27H,6-7,9,22H2,1-3H3. The summed E-state index contributed by atoms with van der Waals surface area (Å²) >= 11 is 5.74. The summed E-state index contributed by atoms with van der Waals surface area (Å²) in [6.45, 7) is 7.16. The number of rotatable bonds is 7. The molecule has 29 heavy (non-hydrogen) atoms. The largest absolute Gasteiger partial charge is 0.374 e. The third kappa shape index (κ3) is 5.47. The molecule has 0 aliphatic carbocycles. The Labute approximate surface area is 172 Å². The van der Waals surface area contributed by atoms with E-state index in [-0.39, 0.29) is 23.1 Å². The van der Waals surface area contributed by atoms with Crippen molar-refractivity contribution in [3.63, 3.8) is 0 Å². The quantitative estimate of drug-likeness (QED) is 0.451. The Kier molecular flexibility index (Phi) is 6.41. The Morgan fingerprint density at radius 3 is 2.90 bits per heavy atom. The average Bonchev–Trinajstić information content (AvgIpc) is 2.64. The SMILES string of the molecule is CC(C)(C)OCCN=CC(CN)=Nc1ncc2[nH]n(-c3ccc(Cl)c(F)c3)c2n1. The molecular weight excluding hydrogens is 397 g/mol. The molecule has 8 nitrogen and oxygen atoms in total. The molecule has 0 bridgehead atoms. The van der Waals surface area contributed by atoms with Gasteiger partial charge >= 0.3 is 0 Å². The van der Waals surface area contributed by atoms with Crippen molar-refractivity contribution in [2.24, 2.45) is 15.7 Å². The van der Waals surface area contributed by atoms with Crippen molar-refractivity contribution in [3.8, 4) is 5.69 Å². The first kappa shape index (κ1) is 21.1. The lowest BCUT2D eigenvalue weighted by Gasteiger charge is -2.18. The number of nitrogens with zero attached hydrogens (tertiary/aromatic N) is 5. The van der Waals surface area contributed by atoms with E-state index in [2.05, 4.69) is 25.1 Å². The first-order chi connectivity index (χ1) is 13.8. The highest BCUT2D eigenvalue weighted by molar-refractivity contribution is 6.32. The fourth-order valence-electron chi connectivity index (χ4n) is 2.43. The zero-order chi connectivity index (χ0) is 21.0. The number of H-pyrrole nitrogens is 1. The molecule has 0 spiro atoms. The highest BCUT2D eigenvalue weighted by atomic mass is 35.5. The number of nitrogens with two attached hydrogens (primary N) is 1. The van der Waals surface area contributed by atoms with Gasteiger partial charge in [-0.05, 0) is 32.9 Å². The molecular formula is C19H23ClFN7O. The molecule has 10 heteroatoms. The average molecular weight is 420 g/mol. The van der Waals surface area contributed by atoms with Crippen LogP contribution >= 0.6 is 11.6 Å². The summed E-state index contributed by atoms with van der Waals surface area (Å²) in [5.74, 6) is -0.272. The van der Waals surface area contributed by atoms with Gasteiger partial charge < -0.3 is 10.5 Å². The zero-order valence-corrected chi connectivity index (χ0v) is 17.2. The molecule has 0 fully saturated rings. The normalized spacial score (nSPS) is 13.1. The van der Waals surface area contributed by atoms with Crippen LogP contribution in [0.5, 0.6) is 0 Å². The van der Waals surface area contributed by atoms with Crippen molar-refractivity contribution in [2.45, 2.75) is 26.4 Å². The van der Waals surface area contributed by atoms with Crippen LogP contribution in [-0.4, -0.2) is 57.0 Å². The number of hydrogen-bond acceptors (Lipinski definition) is 6. The van der Waals surface area contributed by atoms with Gasteiger partial charge in [0, 0.05) is 18.8 Å². The van der Waals surface area contributed by atoms with Gasteiger partial charge in [-0.2, -0.15) is 4.98 Å². The summed E-state index contributed by atoms with van der Waals surface area (Å²) in [5, 5.41) is 3.08. The molecule has 0 saturated carbocycles. The third-order valence-electron chi connectivity index (χ3n) is 3.81. The molecule has 0 unspecified atom stereocenters. The number of hydrogen-bond donors (Lipinski definition) is 2. The maximum Gasteiger partial charge on any atom is 0.251 e. The van der Waals surface area contributed by atoms with Gasteiger partial charge in [-0.15, -0.1) is 0 Å². The van der Waals surface area contributed by atoms with E-state index >= 15 is 0 Å². The van der Waals surface area contributed by atoms with Crippen LogP contribution < -0.4 is 5.73 Å². The predicted molar refractivity (Wildman–Crippen MR) is 113 cm³/mol. The van der Waals surface area contributed by atoms with E-state index in [9.17, 15) is 4.39 Å². The van der Waals surface area contributed by atoms with Crippen LogP contribution in [0.2, 0.25) is 5.02 Å². The molecule has 0 aliphatic rings. The number of aromatic nitrogens is 4. The van der Waals surface area contributed by atoms with Crippen LogP contribution in [0.25, 0.3) is 16.9 Å². The lowest BCUT2D eigenvalue weighted by Crippen LogP contribution is -2.21. The van der Waals surface area contributed by atoms with Crippen molar-refractivity contribution in [1.82, 2.24) is 19.7 Å². The number of benzene rings is 1. The van der Waals surface area contributed by atoms with E-state index in [0.29, 0.717) is 35.7 Å². The lowest BCUT2D eigenvalue weighted by molar-refractivity contribution is 0.00218. The summed E-state index contributed by atoms with van der Waals surface area (Å²) < 4.78 is 21.0. The Morgan fingerprint density at radius 2 is 2.21 bits per heavy atom. The molecule has 0 amide bonds. The molecule has 154 valence electrons. The van der Waals surface area contributed by atoms with Crippen LogP contribution in [0.4, 0.5) is 10.3 Å². The van der Waals surface area contributed by atoms with Crippen molar-refractivity contribution in [3.05, 3.63) is 35.2 Å². The molecule has 1 aromatic carbocycles. The first-order valence-corrected chi connectivity index (χ1v) is 9.45. The van der Waals surface area contributed by atoms with Crippen molar-refractivity contribution in [1.29, 1.82) is 0 Å². The second-order valence-corrected chi connectivity index (χ2v) is 7.66. The van der Waals surface area contributed by atoms with Gasteiger partial charge in [-0.1, -0.05) is 11.6 Å². The number of nitrogens with one attached hydrogen (secondary N) is 1. The zero-order valence-electron chi connectivity index (χ0n) is 16.5. The first-order valence-electron chi connectivity index (χ1n) is 9.07. The molecule has 2 heterocycles. The minimum Gasteiger partial charge on any atom is -0.374 e. The molecule has 2 aromatic heterocycles. The third-order valence-corrected chi connectivity index (χ3v) is 4.12. The van der Waals surface area contributed by atoms with Gasteiger partial charge in [0.15, 0.2) is 5.65 Å². The Balaban J connectivity index is 1.75. The fraction of sp³-hybridized carbons (Fsp3) is 0.368. The van der Waals surface area contributed by atoms with Crippen LogP contribution in [0.3, 0.4) is 0 Å².